The van der Waals surface area contributed by atoms with Gasteiger partial charge < -0.3 is 4.74 Å². The first-order valence-electron chi connectivity index (χ1n) is 2.84. The van der Waals surface area contributed by atoms with Crippen LogP contribution >= 0.6 is 0 Å². The van der Waals surface area contributed by atoms with Crippen LogP contribution in [0.2, 0.25) is 0 Å². The largest absolute Gasteiger partial charge is 0.378 e. The third-order valence-electron chi connectivity index (χ3n) is 1.35. The molecule has 1 radical (unpaired) electrons. The predicted octanol–water partition coefficient (Wildman–Crippen LogP) is 1.39. The van der Waals surface area contributed by atoms with E-state index in [1.807, 2.05) is 0 Å². The van der Waals surface area contributed by atoms with Gasteiger partial charge in [0.15, 0.2) is 0 Å². The van der Waals surface area contributed by atoms with Crippen molar-refractivity contribution in [1.82, 2.24) is 0 Å². The van der Waals surface area contributed by atoms with Gasteiger partial charge in [0.1, 0.15) is 0 Å². The zero-order valence-electron chi connectivity index (χ0n) is 4.52. The van der Waals surface area contributed by atoms with Crippen LogP contribution in [-0.2, 0) is 4.74 Å². The molecule has 0 N–H and O–H groups in total. The molecule has 1 aliphatic heterocycles. The van der Waals surface area contributed by atoms with Crippen molar-refractivity contribution >= 4 is 0 Å². The summed E-state index contributed by atoms with van der Waals surface area (Å²) in [5.41, 5.74) is 0. The van der Waals surface area contributed by atoms with E-state index in [9.17, 15) is 0 Å². The highest BCUT2D eigenvalue weighted by atomic mass is 16.5. The van der Waals surface area contributed by atoms with Crippen LogP contribution in [0.4, 0.5) is 0 Å². The number of ether oxygens (including phenoxy) is 1. The quantitative estimate of drug-likeness (QED) is 0.482. The molecule has 1 atom stereocenters. The van der Waals surface area contributed by atoms with E-state index < -0.39 is 0 Å². The van der Waals surface area contributed by atoms with E-state index in [0.717, 1.165) is 13.0 Å². The summed E-state index contributed by atoms with van der Waals surface area (Å²) >= 11 is 0. The van der Waals surface area contributed by atoms with Crippen molar-refractivity contribution in [3.05, 3.63) is 6.92 Å². The summed E-state index contributed by atoms with van der Waals surface area (Å²) < 4.78 is 5.24. The minimum atomic E-state index is 0.486. The molecule has 0 amide bonds. The second-order valence-corrected chi connectivity index (χ2v) is 1.92. The first-order chi connectivity index (χ1) is 3.43. The van der Waals surface area contributed by atoms with E-state index in [2.05, 4.69) is 6.92 Å². The van der Waals surface area contributed by atoms with E-state index in [4.69, 9.17) is 4.74 Å². The molecule has 41 valence electrons. The molecule has 0 aromatic heterocycles. The predicted molar refractivity (Wildman–Crippen MR) is 28.9 cm³/mol. The van der Waals surface area contributed by atoms with Crippen LogP contribution in [-0.4, -0.2) is 12.7 Å². The molecule has 1 aliphatic rings. The molecule has 1 nitrogen and oxygen atoms in total. The summed E-state index contributed by atoms with van der Waals surface area (Å²) in [5.74, 6) is 0. The molecule has 1 heteroatoms. The lowest BCUT2D eigenvalue weighted by molar-refractivity contribution is 0.113. The molecule has 1 heterocycles. The van der Waals surface area contributed by atoms with Gasteiger partial charge in [-0.1, -0.05) is 6.92 Å². The Labute approximate surface area is 44.7 Å². The number of rotatable bonds is 1. The fourth-order valence-electron chi connectivity index (χ4n) is 0.872. The highest BCUT2D eigenvalue weighted by Crippen LogP contribution is 2.13. The molecule has 1 saturated heterocycles. The molecule has 7 heavy (non-hydrogen) atoms. The molecule has 0 bridgehead atoms. The lowest BCUT2D eigenvalue weighted by Gasteiger charge is -2.01. The van der Waals surface area contributed by atoms with Crippen molar-refractivity contribution < 1.29 is 4.74 Å². The Morgan fingerprint density at radius 3 is 2.86 bits per heavy atom. The van der Waals surface area contributed by atoms with Gasteiger partial charge in [0, 0.05) is 6.61 Å². The summed E-state index contributed by atoms with van der Waals surface area (Å²) in [5, 5.41) is 0. The highest BCUT2D eigenvalue weighted by molar-refractivity contribution is 4.64. The second kappa shape index (κ2) is 2.31. The van der Waals surface area contributed by atoms with Gasteiger partial charge in [-0.25, -0.2) is 0 Å². The molecule has 0 aromatic carbocycles. The SMILES string of the molecule is [CH2]C[C@@H]1CCCO1. The zero-order valence-corrected chi connectivity index (χ0v) is 4.52. The molecule has 0 aliphatic carbocycles. The van der Waals surface area contributed by atoms with Crippen LogP contribution in [0.25, 0.3) is 0 Å². The Morgan fingerprint density at radius 2 is 2.57 bits per heavy atom. The summed E-state index contributed by atoms with van der Waals surface area (Å²) in [7, 11) is 0. The van der Waals surface area contributed by atoms with E-state index in [1.165, 1.54) is 12.8 Å². The number of hydrogen-bond donors (Lipinski definition) is 0. The lowest BCUT2D eigenvalue weighted by Crippen LogP contribution is -2.00. The molecule has 1 fully saturated rings. The third-order valence-corrected chi connectivity index (χ3v) is 1.35. The topological polar surface area (TPSA) is 9.23 Å². The fraction of sp³-hybridized carbons (Fsp3) is 0.833. The second-order valence-electron chi connectivity index (χ2n) is 1.92. The normalized spacial score (nSPS) is 31.3. The van der Waals surface area contributed by atoms with Gasteiger partial charge in [-0.05, 0) is 19.3 Å². The summed E-state index contributed by atoms with van der Waals surface area (Å²) in [6.07, 6.45) is 3.89. The number of hydrogen-bond acceptors (Lipinski definition) is 1. The maximum absolute atomic E-state index is 5.24. The van der Waals surface area contributed by atoms with Crippen LogP contribution < -0.4 is 0 Å². The first kappa shape index (κ1) is 5.10. The van der Waals surface area contributed by atoms with E-state index in [1.54, 1.807) is 0 Å². The van der Waals surface area contributed by atoms with Crippen LogP contribution in [0.1, 0.15) is 19.3 Å². The Morgan fingerprint density at radius 1 is 1.71 bits per heavy atom. The smallest absolute Gasteiger partial charge is 0.0576 e. The van der Waals surface area contributed by atoms with Crippen molar-refractivity contribution in [2.24, 2.45) is 0 Å². The van der Waals surface area contributed by atoms with Crippen molar-refractivity contribution in [3.63, 3.8) is 0 Å². The van der Waals surface area contributed by atoms with Crippen LogP contribution in [0, 0.1) is 6.92 Å². The van der Waals surface area contributed by atoms with Gasteiger partial charge in [-0.2, -0.15) is 0 Å². The van der Waals surface area contributed by atoms with Crippen molar-refractivity contribution in [2.75, 3.05) is 6.61 Å². The van der Waals surface area contributed by atoms with Crippen LogP contribution in [0.3, 0.4) is 0 Å². The lowest BCUT2D eigenvalue weighted by atomic mass is 10.2. The fourth-order valence-corrected chi connectivity index (χ4v) is 0.872. The monoisotopic (exact) mass is 99.1 g/mol. The summed E-state index contributed by atoms with van der Waals surface area (Å²) in [6, 6.07) is 0. The Balaban J connectivity index is 2.14. The zero-order chi connectivity index (χ0) is 5.11. The first-order valence-corrected chi connectivity index (χ1v) is 2.84. The molecule has 0 saturated carbocycles. The van der Waals surface area contributed by atoms with Crippen LogP contribution in [0.15, 0.2) is 0 Å². The van der Waals surface area contributed by atoms with Gasteiger partial charge >= 0.3 is 0 Å². The maximum Gasteiger partial charge on any atom is 0.0576 e. The Hall–Kier alpha value is -0.0400. The highest BCUT2D eigenvalue weighted by Gasteiger charge is 2.11. The standard InChI is InChI=1S/C6H11O/c1-2-6-4-3-5-7-6/h6H,1-5H2/t6-/m1/s1. The van der Waals surface area contributed by atoms with Crippen molar-refractivity contribution in [1.29, 1.82) is 0 Å². The molecule has 0 spiro atoms. The van der Waals surface area contributed by atoms with Crippen LogP contribution in [0.5, 0.6) is 0 Å². The average molecular weight is 99.2 g/mol. The van der Waals surface area contributed by atoms with E-state index in [-0.39, 0.29) is 0 Å². The van der Waals surface area contributed by atoms with Gasteiger partial charge in [0.2, 0.25) is 0 Å². The van der Waals surface area contributed by atoms with Gasteiger partial charge in [0.25, 0.3) is 0 Å². The molecular formula is C6H11O. The third kappa shape index (κ3) is 1.16. The van der Waals surface area contributed by atoms with E-state index >= 15 is 0 Å². The molecular weight excluding hydrogens is 88.1 g/mol. The average Bonchev–Trinajstić information content (AvgIpc) is 2.14. The molecule has 1 rings (SSSR count). The minimum Gasteiger partial charge on any atom is -0.378 e. The molecule has 0 unspecified atom stereocenters. The van der Waals surface area contributed by atoms with Gasteiger partial charge in [0.05, 0.1) is 6.10 Å². The maximum atomic E-state index is 5.24. The van der Waals surface area contributed by atoms with Gasteiger partial charge in [-0.3, -0.25) is 0 Å². The minimum absolute atomic E-state index is 0.486. The van der Waals surface area contributed by atoms with Crippen molar-refractivity contribution in [2.45, 2.75) is 25.4 Å². The van der Waals surface area contributed by atoms with Gasteiger partial charge in [-0.15, -0.1) is 0 Å². The van der Waals surface area contributed by atoms with Crippen molar-refractivity contribution in [3.8, 4) is 0 Å². The Kier molecular flexibility index (Phi) is 1.69. The van der Waals surface area contributed by atoms with E-state index in [0.29, 0.717) is 6.10 Å². The summed E-state index contributed by atoms with van der Waals surface area (Å²) in [6.45, 7) is 4.70. The molecule has 0 aromatic rings. The summed E-state index contributed by atoms with van der Waals surface area (Å²) in [4.78, 5) is 0. The Bertz CT molecular complexity index is 46.1.